The van der Waals surface area contributed by atoms with Gasteiger partial charge in [0.15, 0.2) is 11.5 Å². The van der Waals surface area contributed by atoms with Crippen LogP contribution < -0.4 is 5.32 Å². The van der Waals surface area contributed by atoms with Gasteiger partial charge in [0.2, 0.25) is 0 Å². The lowest BCUT2D eigenvalue weighted by Crippen LogP contribution is -2.01. The van der Waals surface area contributed by atoms with Crippen molar-refractivity contribution in [3.8, 4) is 0 Å². The van der Waals surface area contributed by atoms with Crippen LogP contribution in [0.25, 0.3) is 5.65 Å². The molecule has 100 valence electrons. The fraction of sp³-hybridized carbons (Fsp3) is 0. The molecule has 2 N–H and O–H groups in total. The summed E-state index contributed by atoms with van der Waals surface area (Å²) >= 11 is 5.89. The predicted molar refractivity (Wildman–Crippen MR) is 70.3 cm³/mol. The molecule has 8 nitrogen and oxygen atoms in total. The number of nitrogens with zero attached hydrogens (tertiary/aromatic N) is 5. The van der Waals surface area contributed by atoms with Crippen molar-refractivity contribution in [3.63, 3.8) is 0 Å². The molecule has 1 aromatic carbocycles. The Morgan fingerprint density at radius 3 is 2.90 bits per heavy atom. The van der Waals surface area contributed by atoms with E-state index in [9.17, 15) is 4.79 Å². The fourth-order valence-corrected chi connectivity index (χ4v) is 1.89. The summed E-state index contributed by atoms with van der Waals surface area (Å²) in [6.07, 6.45) is 0. The van der Waals surface area contributed by atoms with Gasteiger partial charge < -0.3 is 10.4 Å². The molecule has 0 radical (unpaired) electrons. The van der Waals surface area contributed by atoms with Gasteiger partial charge in [-0.3, -0.25) is 0 Å². The number of rotatable bonds is 3. The van der Waals surface area contributed by atoms with Gasteiger partial charge in [0, 0.05) is 5.69 Å². The average Bonchev–Trinajstić information content (AvgIpc) is 2.85. The maximum atomic E-state index is 10.9. The number of carboxylic acid groups (broad SMARTS) is 1. The Morgan fingerprint density at radius 2 is 2.15 bits per heavy atom. The molecular weight excluding hydrogens is 284 g/mol. The summed E-state index contributed by atoms with van der Waals surface area (Å²) in [5.74, 6) is -0.571. The highest BCUT2D eigenvalue weighted by Crippen LogP contribution is 2.23. The first-order valence-corrected chi connectivity index (χ1v) is 5.86. The van der Waals surface area contributed by atoms with E-state index in [4.69, 9.17) is 16.7 Å². The minimum Gasteiger partial charge on any atom is -0.478 e. The van der Waals surface area contributed by atoms with Crippen LogP contribution in [-0.2, 0) is 0 Å². The van der Waals surface area contributed by atoms with Crippen LogP contribution in [0.2, 0.25) is 5.02 Å². The number of hydrogen-bond acceptors (Lipinski definition) is 6. The second kappa shape index (κ2) is 4.74. The summed E-state index contributed by atoms with van der Waals surface area (Å²) in [6.45, 7) is 0. The van der Waals surface area contributed by atoms with Crippen LogP contribution in [0.1, 0.15) is 10.4 Å². The standard InChI is InChI=1S/C11H7ClN6O2/c12-8-5-6(1-2-7(8)11(19)20)13-9-3-4-10-14-16-17-18(10)15-9/h1-5H,(H,13,15)(H,19,20). The zero-order chi connectivity index (χ0) is 14.1. The number of tetrazole rings is 1. The van der Waals surface area contributed by atoms with E-state index in [0.717, 1.165) is 0 Å². The normalized spacial score (nSPS) is 10.7. The fourth-order valence-electron chi connectivity index (χ4n) is 1.63. The van der Waals surface area contributed by atoms with Crippen LogP contribution in [-0.4, -0.2) is 36.3 Å². The predicted octanol–water partition coefficient (Wildman–Crippen LogP) is 1.61. The first-order valence-electron chi connectivity index (χ1n) is 5.49. The maximum absolute atomic E-state index is 10.9. The van der Waals surface area contributed by atoms with Gasteiger partial charge in [-0.2, -0.15) is 0 Å². The van der Waals surface area contributed by atoms with E-state index in [-0.39, 0.29) is 10.6 Å². The first kappa shape index (κ1) is 12.3. The molecule has 0 unspecified atom stereocenters. The monoisotopic (exact) mass is 290 g/mol. The average molecular weight is 291 g/mol. The largest absolute Gasteiger partial charge is 0.478 e. The van der Waals surface area contributed by atoms with Crippen LogP contribution in [0.5, 0.6) is 0 Å². The van der Waals surface area contributed by atoms with Gasteiger partial charge in [-0.25, -0.2) is 4.79 Å². The third-order valence-electron chi connectivity index (χ3n) is 2.54. The highest BCUT2D eigenvalue weighted by Gasteiger charge is 2.09. The number of carbonyl (C=O) groups is 1. The summed E-state index contributed by atoms with van der Waals surface area (Å²) in [5, 5.41) is 27.1. The molecule has 0 aliphatic carbocycles. The van der Waals surface area contributed by atoms with E-state index in [1.165, 1.54) is 16.8 Å². The molecule has 0 aliphatic rings. The second-order valence-corrected chi connectivity index (χ2v) is 4.28. The van der Waals surface area contributed by atoms with Crippen molar-refractivity contribution >= 4 is 34.7 Å². The molecule has 0 amide bonds. The quantitative estimate of drug-likeness (QED) is 0.755. The van der Waals surface area contributed by atoms with Crippen molar-refractivity contribution in [2.75, 3.05) is 5.32 Å². The van der Waals surface area contributed by atoms with E-state index in [0.29, 0.717) is 17.2 Å². The molecular formula is C11H7ClN6O2. The zero-order valence-electron chi connectivity index (χ0n) is 9.86. The third-order valence-corrected chi connectivity index (χ3v) is 2.85. The van der Waals surface area contributed by atoms with Crippen molar-refractivity contribution in [2.45, 2.75) is 0 Å². The van der Waals surface area contributed by atoms with Crippen molar-refractivity contribution in [3.05, 3.63) is 40.9 Å². The maximum Gasteiger partial charge on any atom is 0.337 e. The minimum atomic E-state index is -1.07. The number of benzene rings is 1. The number of aromatic carboxylic acids is 1. The molecule has 0 aliphatic heterocycles. The minimum absolute atomic E-state index is 0.0427. The summed E-state index contributed by atoms with van der Waals surface area (Å²) in [6, 6.07) is 7.92. The summed E-state index contributed by atoms with van der Waals surface area (Å²) < 4.78 is 1.27. The molecule has 20 heavy (non-hydrogen) atoms. The van der Waals surface area contributed by atoms with Gasteiger partial charge in [-0.1, -0.05) is 11.6 Å². The molecule has 2 aromatic heterocycles. The molecule has 0 atom stereocenters. The van der Waals surface area contributed by atoms with Crippen molar-refractivity contribution in [1.82, 2.24) is 25.3 Å². The van der Waals surface area contributed by atoms with Gasteiger partial charge in [0.05, 0.1) is 10.6 Å². The van der Waals surface area contributed by atoms with E-state index in [1.54, 1.807) is 18.2 Å². The number of hydrogen-bond donors (Lipinski definition) is 2. The number of nitrogens with one attached hydrogen (secondary N) is 1. The lowest BCUT2D eigenvalue weighted by atomic mass is 10.2. The van der Waals surface area contributed by atoms with Gasteiger partial charge in [0.25, 0.3) is 0 Å². The Bertz CT molecular complexity index is 802. The van der Waals surface area contributed by atoms with Crippen molar-refractivity contribution < 1.29 is 9.90 Å². The third kappa shape index (κ3) is 2.24. The van der Waals surface area contributed by atoms with Gasteiger partial charge in [0.1, 0.15) is 0 Å². The molecule has 2 heterocycles. The topological polar surface area (TPSA) is 105 Å². The molecule has 0 bridgehead atoms. The molecule has 3 aromatic rings. The van der Waals surface area contributed by atoms with E-state index in [2.05, 4.69) is 25.9 Å². The van der Waals surface area contributed by atoms with Crippen LogP contribution in [0, 0.1) is 0 Å². The number of halogens is 1. The zero-order valence-corrected chi connectivity index (χ0v) is 10.6. The number of aromatic nitrogens is 5. The van der Waals surface area contributed by atoms with Gasteiger partial charge in [-0.05, 0) is 40.8 Å². The molecule has 0 spiro atoms. The lowest BCUT2D eigenvalue weighted by Gasteiger charge is -2.06. The SMILES string of the molecule is O=C(O)c1ccc(Nc2ccc3nnnn3n2)cc1Cl. The Morgan fingerprint density at radius 1 is 1.30 bits per heavy atom. The highest BCUT2D eigenvalue weighted by molar-refractivity contribution is 6.33. The molecule has 0 saturated heterocycles. The first-order chi connectivity index (χ1) is 9.63. The lowest BCUT2D eigenvalue weighted by molar-refractivity contribution is 0.0697. The number of fused-ring (bicyclic) bond motifs is 1. The molecule has 0 fully saturated rings. The van der Waals surface area contributed by atoms with Crippen LogP contribution >= 0.6 is 11.6 Å². The van der Waals surface area contributed by atoms with Gasteiger partial charge >= 0.3 is 5.97 Å². The van der Waals surface area contributed by atoms with Crippen LogP contribution in [0.15, 0.2) is 30.3 Å². The molecule has 9 heteroatoms. The Labute approximate surface area is 117 Å². The highest BCUT2D eigenvalue weighted by atomic mass is 35.5. The van der Waals surface area contributed by atoms with Gasteiger partial charge in [-0.15, -0.1) is 14.8 Å². The second-order valence-electron chi connectivity index (χ2n) is 3.87. The smallest absolute Gasteiger partial charge is 0.337 e. The summed E-state index contributed by atoms with van der Waals surface area (Å²) in [5.41, 5.74) is 1.18. The Kier molecular flexibility index (Phi) is 2.92. The van der Waals surface area contributed by atoms with Crippen molar-refractivity contribution in [1.29, 1.82) is 0 Å². The summed E-state index contributed by atoms with van der Waals surface area (Å²) in [4.78, 5) is 10.9. The Balaban J connectivity index is 1.90. The van der Waals surface area contributed by atoms with E-state index < -0.39 is 5.97 Å². The van der Waals surface area contributed by atoms with Crippen molar-refractivity contribution in [2.24, 2.45) is 0 Å². The number of carboxylic acids is 1. The summed E-state index contributed by atoms with van der Waals surface area (Å²) in [7, 11) is 0. The Hall–Kier alpha value is -2.74. The molecule has 0 saturated carbocycles. The molecule has 3 rings (SSSR count). The number of anilines is 2. The van der Waals surface area contributed by atoms with Crippen LogP contribution in [0.3, 0.4) is 0 Å². The van der Waals surface area contributed by atoms with Crippen LogP contribution in [0.4, 0.5) is 11.5 Å². The van der Waals surface area contributed by atoms with E-state index >= 15 is 0 Å². The van der Waals surface area contributed by atoms with E-state index in [1.807, 2.05) is 0 Å².